The van der Waals surface area contributed by atoms with Crippen molar-refractivity contribution in [1.82, 2.24) is 40.0 Å². The second kappa shape index (κ2) is 17.9. The number of hydrogen-bond acceptors (Lipinski definition) is 10. The minimum absolute atomic E-state index is 0.0589. The molecule has 3 aliphatic rings. The number of carbonyl (C=O) groups is 4. The minimum Gasteiger partial charge on any atom is -0.488 e. The SMILES string of the molecule is COC[C@H]1C[C@@H](c2ncc(-c3ccc4c(c3)COc3cc5c(ccc6nc([C@@H]7CCCN7C(=O)[C@@H](c7ccccc7)N(C)C(=O)O)[nH]c65)cc3-4)[nH]2)N(C(=O)[C@@H](NC(=O)OC)[C@@H](C)OC)C1. The molecule has 0 spiro atoms. The second-order valence-corrected chi connectivity index (χ2v) is 17.0. The molecule has 5 heterocycles. The average molecular weight is 885 g/mol. The summed E-state index contributed by atoms with van der Waals surface area (Å²) in [6.07, 6.45) is 1.33. The van der Waals surface area contributed by atoms with Gasteiger partial charge < -0.3 is 49.1 Å². The van der Waals surface area contributed by atoms with Gasteiger partial charge in [0.15, 0.2) is 0 Å². The number of benzene rings is 4. The van der Waals surface area contributed by atoms with Crippen molar-refractivity contribution in [2.24, 2.45) is 5.92 Å². The summed E-state index contributed by atoms with van der Waals surface area (Å²) in [5.41, 5.74) is 6.92. The summed E-state index contributed by atoms with van der Waals surface area (Å²) < 4.78 is 22.2. The Hall–Kier alpha value is -6.98. The van der Waals surface area contributed by atoms with Crippen molar-refractivity contribution in [1.29, 1.82) is 0 Å². The van der Waals surface area contributed by atoms with Crippen LogP contribution < -0.4 is 10.1 Å². The molecule has 2 saturated heterocycles. The first-order valence-electron chi connectivity index (χ1n) is 21.7. The first-order valence-corrected chi connectivity index (χ1v) is 21.7. The molecule has 17 nitrogen and oxygen atoms in total. The van der Waals surface area contributed by atoms with Crippen LogP contribution in [0, 0.1) is 5.92 Å². The van der Waals surface area contributed by atoms with E-state index in [0.717, 1.165) is 66.8 Å². The molecule has 0 bridgehead atoms. The van der Waals surface area contributed by atoms with Crippen LogP contribution in [0.3, 0.4) is 0 Å². The van der Waals surface area contributed by atoms with Crippen molar-refractivity contribution < 1.29 is 43.2 Å². The molecule has 65 heavy (non-hydrogen) atoms. The monoisotopic (exact) mass is 884 g/mol. The normalized spacial score (nSPS) is 19.3. The van der Waals surface area contributed by atoms with Crippen LogP contribution in [0.2, 0.25) is 0 Å². The largest absolute Gasteiger partial charge is 0.488 e. The molecule has 17 heteroatoms. The molecule has 0 saturated carbocycles. The summed E-state index contributed by atoms with van der Waals surface area (Å²) in [7, 11) is 5.80. The van der Waals surface area contributed by atoms with Gasteiger partial charge in [-0.2, -0.15) is 0 Å². The zero-order chi connectivity index (χ0) is 45.5. The number of alkyl carbamates (subject to hydrolysis) is 1. The number of hydrogen-bond donors (Lipinski definition) is 4. The Labute approximate surface area is 375 Å². The Bertz CT molecular complexity index is 2770. The van der Waals surface area contributed by atoms with E-state index in [1.807, 2.05) is 30.3 Å². The number of aromatic amines is 2. The summed E-state index contributed by atoms with van der Waals surface area (Å²) in [5.74, 6) is 1.50. The molecule has 9 rings (SSSR count). The minimum atomic E-state index is -1.18. The fraction of sp³-hybridized carbons (Fsp3) is 0.375. The Morgan fingerprint density at radius 1 is 0.954 bits per heavy atom. The number of likely N-dealkylation sites (N-methyl/N-ethyl adjacent to an activating group) is 1. The van der Waals surface area contributed by atoms with Crippen molar-refractivity contribution in [3.05, 3.63) is 102 Å². The van der Waals surface area contributed by atoms with E-state index in [1.165, 1.54) is 21.3 Å². The van der Waals surface area contributed by atoms with Crippen LogP contribution >= 0.6 is 0 Å². The number of amides is 4. The lowest BCUT2D eigenvalue weighted by Crippen LogP contribution is -2.54. The number of carbonyl (C=O) groups excluding carboxylic acids is 3. The van der Waals surface area contributed by atoms with Gasteiger partial charge in [0.25, 0.3) is 5.91 Å². The molecule has 4 amide bonds. The van der Waals surface area contributed by atoms with E-state index < -0.39 is 36.4 Å². The van der Waals surface area contributed by atoms with E-state index >= 15 is 0 Å². The van der Waals surface area contributed by atoms with Crippen LogP contribution in [0.1, 0.15) is 67.1 Å². The maximum atomic E-state index is 14.2. The van der Waals surface area contributed by atoms with Gasteiger partial charge in [-0.1, -0.05) is 48.5 Å². The Balaban J connectivity index is 0.971. The lowest BCUT2D eigenvalue weighted by atomic mass is 9.92. The van der Waals surface area contributed by atoms with Gasteiger partial charge in [0.2, 0.25) is 5.91 Å². The Morgan fingerprint density at radius 3 is 2.52 bits per heavy atom. The first kappa shape index (κ1) is 43.3. The summed E-state index contributed by atoms with van der Waals surface area (Å²) in [6, 6.07) is 20.7. The molecule has 6 aromatic rings. The summed E-state index contributed by atoms with van der Waals surface area (Å²) in [6.45, 7) is 3.44. The van der Waals surface area contributed by atoms with Gasteiger partial charge in [-0.3, -0.25) is 14.5 Å². The average Bonchev–Trinajstić information content (AvgIpc) is 4.16. The molecule has 0 aliphatic carbocycles. The molecular weight excluding hydrogens is 833 g/mol. The third-order valence-corrected chi connectivity index (χ3v) is 13.1. The zero-order valence-corrected chi connectivity index (χ0v) is 36.9. The molecular formula is C48H52N8O9. The highest BCUT2D eigenvalue weighted by Gasteiger charge is 2.43. The number of aromatic nitrogens is 4. The van der Waals surface area contributed by atoms with Gasteiger partial charge in [-0.25, -0.2) is 19.6 Å². The maximum Gasteiger partial charge on any atom is 0.407 e. The summed E-state index contributed by atoms with van der Waals surface area (Å²) >= 11 is 0. The zero-order valence-electron chi connectivity index (χ0n) is 36.9. The van der Waals surface area contributed by atoms with Gasteiger partial charge in [0.1, 0.15) is 36.1 Å². The van der Waals surface area contributed by atoms with Crippen molar-refractivity contribution in [3.63, 3.8) is 0 Å². The summed E-state index contributed by atoms with van der Waals surface area (Å²) in [4.78, 5) is 73.9. The molecule has 2 aromatic heterocycles. The van der Waals surface area contributed by atoms with Gasteiger partial charge in [0.05, 0.1) is 54.8 Å². The van der Waals surface area contributed by atoms with Crippen LogP contribution in [-0.4, -0.2) is 124 Å². The Kier molecular flexibility index (Phi) is 11.9. The number of methoxy groups -OCH3 is 3. The van der Waals surface area contributed by atoms with Crippen LogP contribution in [0.15, 0.2) is 79.0 Å². The number of carboxylic acid groups (broad SMARTS) is 1. The first-order chi connectivity index (χ1) is 31.5. The lowest BCUT2D eigenvalue weighted by molar-refractivity contribution is -0.138. The number of nitrogens with one attached hydrogen (secondary N) is 3. The predicted octanol–water partition coefficient (Wildman–Crippen LogP) is 6.98. The van der Waals surface area contributed by atoms with Gasteiger partial charge >= 0.3 is 12.2 Å². The number of fused-ring (bicyclic) bond motifs is 6. The van der Waals surface area contributed by atoms with Crippen molar-refractivity contribution in [2.45, 2.75) is 63.1 Å². The third kappa shape index (κ3) is 8.10. The fourth-order valence-corrected chi connectivity index (χ4v) is 9.70. The van der Waals surface area contributed by atoms with E-state index in [-0.39, 0.29) is 23.8 Å². The molecule has 0 radical (unpaired) electrons. The fourth-order valence-electron chi connectivity index (χ4n) is 9.70. The molecule has 4 N–H and O–H groups in total. The van der Waals surface area contributed by atoms with E-state index in [1.54, 1.807) is 54.3 Å². The van der Waals surface area contributed by atoms with Crippen LogP contribution in [0.4, 0.5) is 9.59 Å². The third-order valence-electron chi connectivity index (χ3n) is 13.1. The molecule has 4 aromatic carbocycles. The maximum absolute atomic E-state index is 14.2. The van der Waals surface area contributed by atoms with Crippen LogP contribution in [0.25, 0.3) is 44.2 Å². The Morgan fingerprint density at radius 2 is 1.77 bits per heavy atom. The smallest absolute Gasteiger partial charge is 0.407 e. The predicted molar refractivity (Wildman–Crippen MR) is 240 cm³/mol. The van der Waals surface area contributed by atoms with Gasteiger partial charge in [-0.15, -0.1) is 0 Å². The molecule has 338 valence electrons. The molecule has 6 atom stereocenters. The van der Waals surface area contributed by atoms with Crippen LogP contribution in [-0.2, 0) is 30.4 Å². The highest BCUT2D eigenvalue weighted by Crippen LogP contribution is 2.44. The van der Waals surface area contributed by atoms with E-state index in [0.29, 0.717) is 56.4 Å². The highest BCUT2D eigenvalue weighted by atomic mass is 16.5. The highest BCUT2D eigenvalue weighted by molar-refractivity contribution is 6.07. The lowest BCUT2D eigenvalue weighted by Gasteiger charge is -2.32. The number of ether oxygens (including phenoxy) is 4. The number of imidazole rings is 2. The molecule has 0 unspecified atom stereocenters. The summed E-state index contributed by atoms with van der Waals surface area (Å²) in [5, 5.41) is 14.5. The number of rotatable bonds is 12. The second-order valence-electron chi connectivity index (χ2n) is 17.0. The number of likely N-dealkylation sites (tertiary alicyclic amines) is 2. The standard InChI is InChI=1S/C48H52N8O9/c1-26(63-4)40(53-47(59)64-5)45(57)56-23-27(24-62-3)18-38(56)43-49-22-36(51-43)30-13-15-32-31(19-30)25-65-39-21-33-29(20-34(32)39)14-16-35-41(33)52-44(50-35)37-12-9-17-55(37)46(58)42(54(2)48(60)61)28-10-7-6-8-11-28/h6-8,10-11,13-16,19-22,26-27,37-38,40,42H,9,12,17-18,23-25H2,1-5H3,(H,49,51)(H,50,52)(H,53,59)(H,60,61)/t26-,27+,37+,38+,40+,42-/m1/s1. The quantitative estimate of drug-likeness (QED) is 0.0988. The van der Waals surface area contributed by atoms with E-state index in [4.69, 9.17) is 28.9 Å². The van der Waals surface area contributed by atoms with Gasteiger partial charge in [-0.05, 0) is 78.1 Å². The molecule has 3 aliphatic heterocycles. The molecule has 2 fully saturated rings. The topological polar surface area (TPSA) is 205 Å². The van der Waals surface area contributed by atoms with E-state index in [2.05, 4.69) is 33.5 Å². The van der Waals surface area contributed by atoms with Gasteiger partial charge in [0, 0.05) is 51.2 Å². The number of H-pyrrole nitrogens is 2. The van der Waals surface area contributed by atoms with Crippen molar-refractivity contribution in [2.75, 3.05) is 48.1 Å². The van der Waals surface area contributed by atoms with E-state index in [9.17, 15) is 24.3 Å². The number of nitrogens with zero attached hydrogens (tertiary/aromatic N) is 5. The van der Waals surface area contributed by atoms with Crippen molar-refractivity contribution in [3.8, 4) is 28.1 Å². The van der Waals surface area contributed by atoms with Crippen molar-refractivity contribution >= 4 is 45.8 Å². The van der Waals surface area contributed by atoms with Crippen LogP contribution in [0.5, 0.6) is 5.75 Å².